The molecule has 1 aromatic heterocycles. The average molecular weight is 382 g/mol. The van der Waals surface area contributed by atoms with Crippen LogP contribution in [0, 0.1) is 6.92 Å². The first-order valence-electron chi connectivity index (χ1n) is 8.45. The third-order valence-electron chi connectivity index (χ3n) is 4.16. The molecule has 1 heterocycles. The summed E-state index contributed by atoms with van der Waals surface area (Å²) in [5.41, 5.74) is 1.61. The van der Waals surface area contributed by atoms with Gasteiger partial charge in [0.1, 0.15) is 11.5 Å². The molecular weight excluding hydrogens is 364 g/mol. The second kappa shape index (κ2) is 7.91. The minimum absolute atomic E-state index is 0.0120. The summed E-state index contributed by atoms with van der Waals surface area (Å²) < 4.78 is 10.8. The second-order valence-electron chi connectivity index (χ2n) is 6.22. The minimum atomic E-state index is -1.00. The Bertz CT molecular complexity index is 1040. The van der Waals surface area contributed by atoms with E-state index in [-0.39, 0.29) is 35.2 Å². The molecular formula is C20H18N2O6. The third kappa shape index (κ3) is 4.17. The van der Waals surface area contributed by atoms with Gasteiger partial charge in [-0.2, -0.15) is 4.98 Å². The van der Waals surface area contributed by atoms with Crippen molar-refractivity contribution in [1.29, 1.82) is 0 Å². The van der Waals surface area contributed by atoms with Gasteiger partial charge in [-0.3, -0.25) is 4.79 Å². The molecule has 0 amide bonds. The Balaban J connectivity index is 1.67. The lowest BCUT2D eigenvalue weighted by molar-refractivity contribution is 0.0696. The van der Waals surface area contributed by atoms with E-state index in [1.807, 2.05) is 0 Å². The largest absolute Gasteiger partial charge is 0.507 e. The Morgan fingerprint density at radius 2 is 2.00 bits per heavy atom. The number of nitrogens with zero attached hydrogens (tertiary/aromatic N) is 2. The number of carboxylic acid groups (broad SMARTS) is 1. The van der Waals surface area contributed by atoms with E-state index in [2.05, 4.69) is 10.1 Å². The van der Waals surface area contributed by atoms with Crippen LogP contribution in [0.3, 0.4) is 0 Å². The van der Waals surface area contributed by atoms with Crippen LogP contribution in [0.1, 0.15) is 50.5 Å². The number of hydrogen-bond acceptors (Lipinski definition) is 7. The van der Waals surface area contributed by atoms with Crippen LogP contribution in [-0.4, -0.2) is 32.1 Å². The number of aromatic carboxylic acids is 1. The first-order chi connectivity index (χ1) is 13.3. The molecule has 3 rings (SSSR count). The molecule has 0 atom stereocenters. The molecule has 2 aromatic carbocycles. The van der Waals surface area contributed by atoms with E-state index in [0.29, 0.717) is 23.6 Å². The number of ether oxygens (including phenoxy) is 1. The van der Waals surface area contributed by atoms with Gasteiger partial charge in [-0.05, 0) is 43.7 Å². The predicted molar refractivity (Wildman–Crippen MR) is 97.7 cm³/mol. The number of carboxylic acids is 1. The predicted octanol–water partition coefficient (Wildman–Crippen LogP) is 3.15. The molecule has 8 heteroatoms. The lowest BCUT2D eigenvalue weighted by atomic mass is 10.1. The summed E-state index contributed by atoms with van der Waals surface area (Å²) >= 11 is 0. The number of rotatable bonds is 7. The van der Waals surface area contributed by atoms with E-state index < -0.39 is 5.97 Å². The van der Waals surface area contributed by atoms with E-state index in [0.717, 1.165) is 5.56 Å². The van der Waals surface area contributed by atoms with Crippen molar-refractivity contribution in [2.24, 2.45) is 0 Å². The van der Waals surface area contributed by atoms with Gasteiger partial charge in [-0.15, -0.1) is 0 Å². The highest BCUT2D eigenvalue weighted by Crippen LogP contribution is 2.31. The number of carbonyl (C=O) groups is 2. The monoisotopic (exact) mass is 382 g/mol. The molecule has 0 spiro atoms. The van der Waals surface area contributed by atoms with E-state index in [1.54, 1.807) is 31.2 Å². The molecule has 0 fully saturated rings. The molecule has 0 bridgehead atoms. The summed E-state index contributed by atoms with van der Waals surface area (Å²) in [4.78, 5) is 26.7. The van der Waals surface area contributed by atoms with Crippen molar-refractivity contribution in [2.75, 3.05) is 0 Å². The molecule has 0 aliphatic carbocycles. The van der Waals surface area contributed by atoms with Crippen LogP contribution in [0.5, 0.6) is 11.5 Å². The molecule has 144 valence electrons. The molecule has 0 unspecified atom stereocenters. The van der Waals surface area contributed by atoms with Crippen LogP contribution in [0.25, 0.3) is 0 Å². The Labute approximate surface area is 160 Å². The quantitative estimate of drug-likeness (QED) is 0.598. The van der Waals surface area contributed by atoms with Crippen molar-refractivity contribution in [3.8, 4) is 11.5 Å². The van der Waals surface area contributed by atoms with Crippen molar-refractivity contribution in [2.45, 2.75) is 26.9 Å². The smallest absolute Gasteiger partial charge is 0.335 e. The van der Waals surface area contributed by atoms with Crippen molar-refractivity contribution in [3.63, 3.8) is 0 Å². The average Bonchev–Trinajstić information content (AvgIpc) is 3.10. The van der Waals surface area contributed by atoms with E-state index in [4.69, 9.17) is 14.4 Å². The highest BCUT2D eigenvalue weighted by atomic mass is 16.5. The lowest BCUT2D eigenvalue weighted by Gasteiger charge is -2.10. The molecule has 0 saturated carbocycles. The first kappa shape index (κ1) is 19.1. The summed E-state index contributed by atoms with van der Waals surface area (Å²) in [5, 5.41) is 23.0. The maximum Gasteiger partial charge on any atom is 0.335 e. The maximum absolute atomic E-state index is 11.5. The lowest BCUT2D eigenvalue weighted by Crippen LogP contribution is -2.01. The van der Waals surface area contributed by atoms with Crippen LogP contribution in [0.15, 0.2) is 40.9 Å². The fourth-order valence-electron chi connectivity index (χ4n) is 2.68. The van der Waals surface area contributed by atoms with Gasteiger partial charge in [0.2, 0.25) is 0 Å². The van der Waals surface area contributed by atoms with Crippen molar-refractivity contribution < 1.29 is 29.1 Å². The van der Waals surface area contributed by atoms with Crippen LogP contribution in [-0.2, 0) is 13.0 Å². The maximum atomic E-state index is 11.5. The van der Waals surface area contributed by atoms with Gasteiger partial charge in [-0.1, -0.05) is 17.3 Å². The summed E-state index contributed by atoms with van der Waals surface area (Å²) in [7, 11) is 0. The second-order valence-corrected chi connectivity index (χ2v) is 6.22. The van der Waals surface area contributed by atoms with Crippen LogP contribution >= 0.6 is 0 Å². The molecule has 0 saturated heterocycles. The SMILES string of the molecule is CC(=O)c1ccc(OCc2nc(Cc3cccc(C(=O)O)c3)no2)c(C)c1O. The van der Waals surface area contributed by atoms with Gasteiger partial charge >= 0.3 is 5.97 Å². The number of ketones is 1. The van der Waals surface area contributed by atoms with Crippen molar-refractivity contribution in [3.05, 3.63) is 70.4 Å². The standard InChI is InChI=1S/C20H18N2O6/c1-11-16(7-6-15(12(2)23)19(11)24)27-10-18-21-17(22-28-18)9-13-4-3-5-14(8-13)20(25)26/h3-8,24H,9-10H2,1-2H3,(H,25,26). The Kier molecular flexibility index (Phi) is 5.39. The molecule has 0 aliphatic rings. The fraction of sp³-hybridized carbons (Fsp3) is 0.200. The number of phenolic OH excluding ortho intramolecular Hbond substituents is 1. The van der Waals surface area contributed by atoms with Gasteiger partial charge in [-0.25, -0.2) is 4.79 Å². The zero-order valence-electron chi connectivity index (χ0n) is 15.3. The molecule has 3 aromatic rings. The first-order valence-corrected chi connectivity index (χ1v) is 8.45. The van der Waals surface area contributed by atoms with Gasteiger partial charge < -0.3 is 19.5 Å². The topological polar surface area (TPSA) is 123 Å². The Morgan fingerprint density at radius 3 is 2.71 bits per heavy atom. The molecule has 8 nitrogen and oxygen atoms in total. The summed E-state index contributed by atoms with van der Waals surface area (Å²) in [6, 6.07) is 9.59. The van der Waals surface area contributed by atoms with E-state index in [1.165, 1.54) is 19.1 Å². The highest BCUT2D eigenvalue weighted by molar-refractivity contribution is 5.97. The summed E-state index contributed by atoms with van der Waals surface area (Å²) in [6.07, 6.45) is 0.317. The zero-order chi connectivity index (χ0) is 20.3. The molecule has 0 radical (unpaired) electrons. The molecule has 0 aliphatic heterocycles. The van der Waals surface area contributed by atoms with Gasteiger partial charge in [0, 0.05) is 12.0 Å². The van der Waals surface area contributed by atoms with Crippen molar-refractivity contribution >= 4 is 11.8 Å². The number of aromatic nitrogens is 2. The normalized spacial score (nSPS) is 10.6. The van der Waals surface area contributed by atoms with Crippen LogP contribution in [0.4, 0.5) is 0 Å². The number of phenols is 1. The number of hydrogen-bond donors (Lipinski definition) is 2. The minimum Gasteiger partial charge on any atom is -0.507 e. The number of benzene rings is 2. The number of aromatic hydroxyl groups is 1. The van der Waals surface area contributed by atoms with Gasteiger partial charge in [0.25, 0.3) is 5.89 Å². The Hall–Kier alpha value is -3.68. The van der Waals surface area contributed by atoms with E-state index >= 15 is 0 Å². The number of carbonyl (C=O) groups excluding carboxylic acids is 1. The summed E-state index contributed by atoms with van der Waals surface area (Å²) in [5.74, 6) is -0.323. The van der Waals surface area contributed by atoms with E-state index in [9.17, 15) is 14.7 Å². The highest BCUT2D eigenvalue weighted by Gasteiger charge is 2.15. The van der Waals surface area contributed by atoms with Crippen LogP contribution < -0.4 is 4.74 Å². The van der Waals surface area contributed by atoms with Crippen LogP contribution in [0.2, 0.25) is 0 Å². The third-order valence-corrected chi connectivity index (χ3v) is 4.16. The molecule has 2 N–H and O–H groups in total. The van der Waals surface area contributed by atoms with Crippen molar-refractivity contribution in [1.82, 2.24) is 10.1 Å². The fourth-order valence-corrected chi connectivity index (χ4v) is 2.68. The summed E-state index contributed by atoms with van der Waals surface area (Å²) in [6.45, 7) is 3.01. The zero-order valence-corrected chi connectivity index (χ0v) is 15.3. The Morgan fingerprint density at radius 1 is 1.21 bits per heavy atom. The van der Waals surface area contributed by atoms with Gasteiger partial charge in [0.05, 0.1) is 11.1 Å². The molecule has 28 heavy (non-hydrogen) atoms. The number of Topliss-reactive ketones (excluding diaryl/α,β-unsaturated/α-hetero) is 1. The van der Waals surface area contributed by atoms with Gasteiger partial charge in [0.15, 0.2) is 18.2 Å².